The fourth-order valence-corrected chi connectivity index (χ4v) is 1.50. The van der Waals surface area contributed by atoms with Crippen molar-refractivity contribution in [2.24, 2.45) is 0 Å². The fraction of sp³-hybridized carbons (Fsp3) is 0.357. The predicted octanol–water partition coefficient (Wildman–Crippen LogP) is 3.50. The Balaban J connectivity index is 2.95. The lowest BCUT2D eigenvalue weighted by molar-refractivity contribution is -0.385. The van der Waals surface area contributed by atoms with Crippen molar-refractivity contribution in [1.29, 1.82) is 0 Å². The highest BCUT2D eigenvalue weighted by Gasteiger charge is 2.28. The van der Waals surface area contributed by atoms with Gasteiger partial charge in [0.05, 0.1) is 22.2 Å². The summed E-state index contributed by atoms with van der Waals surface area (Å²) in [4.78, 5) is 21.8. The summed E-state index contributed by atoms with van der Waals surface area (Å²) >= 11 is 0. The number of benzene rings is 1. The summed E-state index contributed by atoms with van der Waals surface area (Å²) in [6.07, 6.45) is -1.74. The van der Waals surface area contributed by atoms with E-state index in [-0.39, 0.29) is 11.7 Å². The number of hydrogen-bond acceptors (Lipinski definition) is 4. The maximum Gasteiger partial charge on any atom is 0.336 e. The highest BCUT2D eigenvalue weighted by atomic mass is 19.1. The van der Waals surface area contributed by atoms with Crippen LogP contribution in [0.3, 0.4) is 0 Å². The number of nitro benzene ring substituents is 1. The van der Waals surface area contributed by atoms with E-state index in [9.17, 15) is 19.3 Å². The highest BCUT2D eigenvalue weighted by molar-refractivity contribution is 5.89. The Morgan fingerprint density at radius 3 is 2.65 bits per heavy atom. The molecule has 0 fully saturated rings. The van der Waals surface area contributed by atoms with Gasteiger partial charge in [-0.05, 0) is 19.4 Å². The van der Waals surface area contributed by atoms with Crippen LogP contribution in [0.1, 0.15) is 32.0 Å². The lowest BCUT2D eigenvalue weighted by Crippen LogP contribution is -2.18. The molecule has 108 valence electrons. The zero-order valence-electron chi connectivity index (χ0n) is 11.3. The third kappa shape index (κ3) is 3.63. The standard InChI is InChI=1S/C14H16FNO4/c1-4-9(2)20-14(17)10(3)13(15)11-7-5-6-8-12(11)16(18)19/h5-9,13H,3-4H2,1-2H3. The number of carbonyl (C=O) groups is 1. The van der Waals surface area contributed by atoms with Gasteiger partial charge in [-0.1, -0.05) is 25.6 Å². The maximum atomic E-state index is 14.2. The van der Waals surface area contributed by atoms with Crippen molar-refractivity contribution in [2.75, 3.05) is 0 Å². The molecule has 2 unspecified atom stereocenters. The lowest BCUT2D eigenvalue weighted by Gasteiger charge is -2.15. The van der Waals surface area contributed by atoms with Gasteiger partial charge in [0.1, 0.15) is 0 Å². The topological polar surface area (TPSA) is 69.4 Å². The van der Waals surface area contributed by atoms with E-state index in [0.29, 0.717) is 6.42 Å². The van der Waals surface area contributed by atoms with Crippen molar-refractivity contribution in [1.82, 2.24) is 0 Å². The smallest absolute Gasteiger partial charge is 0.336 e. The Bertz CT molecular complexity index is 530. The van der Waals surface area contributed by atoms with Gasteiger partial charge in [-0.15, -0.1) is 0 Å². The number of halogens is 1. The summed E-state index contributed by atoms with van der Waals surface area (Å²) in [6, 6.07) is 5.32. The summed E-state index contributed by atoms with van der Waals surface area (Å²) < 4.78 is 19.2. The molecule has 6 heteroatoms. The largest absolute Gasteiger partial charge is 0.459 e. The van der Waals surface area contributed by atoms with Crippen LogP contribution in [-0.4, -0.2) is 17.0 Å². The molecule has 5 nitrogen and oxygen atoms in total. The maximum absolute atomic E-state index is 14.2. The Labute approximate surface area is 116 Å². The zero-order chi connectivity index (χ0) is 15.3. The molecule has 0 bridgehead atoms. The van der Waals surface area contributed by atoms with E-state index >= 15 is 0 Å². The van der Waals surface area contributed by atoms with Crippen molar-refractivity contribution in [2.45, 2.75) is 32.5 Å². The second-order valence-corrected chi connectivity index (χ2v) is 4.33. The molecule has 0 aliphatic heterocycles. The molecule has 0 radical (unpaired) electrons. The van der Waals surface area contributed by atoms with E-state index < -0.39 is 28.3 Å². The predicted molar refractivity (Wildman–Crippen MR) is 71.9 cm³/mol. The second-order valence-electron chi connectivity index (χ2n) is 4.33. The number of nitrogens with zero attached hydrogens (tertiary/aromatic N) is 1. The molecular formula is C14H16FNO4. The molecular weight excluding hydrogens is 265 g/mol. The molecule has 0 aliphatic carbocycles. The van der Waals surface area contributed by atoms with Crippen LogP contribution in [0.5, 0.6) is 0 Å². The molecule has 0 aliphatic rings. The Morgan fingerprint density at radius 1 is 1.50 bits per heavy atom. The van der Waals surface area contributed by atoms with Crippen LogP contribution in [0, 0.1) is 10.1 Å². The SMILES string of the molecule is C=C(C(=O)OC(C)CC)C(F)c1ccccc1[N+](=O)[O-]. The van der Waals surface area contributed by atoms with Gasteiger partial charge < -0.3 is 4.74 Å². The normalized spacial score (nSPS) is 13.3. The van der Waals surface area contributed by atoms with Crippen LogP contribution in [0.4, 0.5) is 10.1 Å². The first-order chi connectivity index (χ1) is 9.38. The molecule has 2 atom stereocenters. The lowest BCUT2D eigenvalue weighted by atomic mass is 10.0. The molecule has 0 aromatic heterocycles. The van der Waals surface area contributed by atoms with Gasteiger partial charge in [-0.25, -0.2) is 9.18 Å². The van der Waals surface area contributed by atoms with Crippen LogP contribution in [0.15, 0.2) is 36.4 Å². The van der Waals surface area contributed by atoms with Crippen LogP contribution >= 0.6 is 0 Å². The first kappa shape index (κ1) is 15.8. The molecule has 0 saturated carbocycles. The van der Waals surface area contributed by atoms with Gasteiger partial charge in [0.15, 0.2) is 6.17 Å². The van der Waals surface area contributed by atoms with Crippen molar-refractivity contribution in [3.63, 3.8) is 0 Å². The summed E-state index contributed by atoms with van der Waals surface area (Å²) in [5.74, 6) is -0.884. The molecule has 0 N–H and O–H groups in total. The monoisotopic (exact) mass is 281 g/mol. The number of nitro groups is 1. The number of alkyl halides is 1. The highest BCUT2D eigenvalue weighted by Crippen LogP contribution is 2.32. The van der Waals surface area contributed by atoms with E-state index in [2.05, 4.69) is 6.58 Å². The van der Waals surface area contributed by atoms with Gasteiger partial charge in [-0.2, -0.15) is 0 Å². The summed E-state index contributed by atoms with van der Waals surface area (Å²) in [6.45, 7) is 6.83. The minimum atomic E-state index is -1.96. The van der Waals surface area contributed by atoms with Gasteiger partial charge >= 0.3 is 5.97 Å². The van der Waals surface area contributed by atoms with Gasteiger partial charge in [0.25, 0.3) is 5.69 Å². The number of hydrogen-bond donors (Lipinski definition) is 0. The van der Waals surface area contributed by atoms with Crippen molar-refractivity contribution in [3.8, 4) is 0 Å². The molecule has 1 aromatic carbocycles. The van der Waals surface area contributed by atoms with Crippen LogP contribution in [-0.2, 0) is 9.53 Å². The van der Waals surface area contributed by atoms with Crippen LogP contribution in [0.2, 0.25) is 0 Å². The average molecular weight is 281 g/mol. The van der Waals surface area contributed by atoms with Crippen molar-refractivity contribution < 1.29 is 18.8 Å². The minimum absolute atomic E-state index is 0.205. The number of esters is 1. The van der Waals surface area contributed by atoms with E-state index in [1.54, 1.807) is 6.92 Å². The molecule has 1 rings (SSSR count). The van der Waals surface area contributed by atoms with E-state index in [1.807, 2.05) is 6.92 Å². The van der Waals surface area contributed by atoms with Crippen molar-refractivity contribution >= 4 is 11.7 Å². The molecule has 0 heterocycles. The summed E-state index contributed by atoms with van der Waals surface area (Å²) in [5.41, 5.74) is -1.04. The third-order valence-electron chi connectivity index (χ3n) is 2.86. The Hall–Kier alpha value is -2.24. The quantitative estimate of drug-likeness (QED) is 0.346. The number of para-hydroxylation sites is 1. The van der Waals surface area contributed by atoms with Gasteiger partial charge in [0, 0.05) is 6.07 Å². The van der Waals surface area contributed by atoms with E-state index in [4.69, 9.17) is 4.74 Å². The van der Waals surface area contributed by atoms with Gasteiger partial charge in [-0.3, -0.25) is 10.1 Å². The fourth-order valence-electron chi connectivity index (χ4n) is 1.50. The summed E-state index contributed by atoms with van der Waals surface area (Å²) in [5, 5.41) is 10.8. The van der Waals surface area contributed by atoms with Gasteiger partial charge in [0.2, 0.25) is 0 Å². The number of carbonyl (C=O) groups excluding carboxylic acids is 1. The average Bonchev–Trinajstić information content (AvgIpc) is 2.45. The Morgan fingerprint density at radius 2 is 2.10 bits per heavy atom. The molecule has 1 aromatic rings. The summed E-state index contributed by atoms with van der Waals surface area (Å²) in [7, 11) is 0. The third-order valence-corrected chi connectivity index (χ3v) is 2.86. The molecule has 0 spiro atoms. The zero-order valence-corrected chi connectivity index (χ0v) is 11.3. The minimum Gasteiger partial charge on any atom is -0.459 e. The molecule has 0 amide bonds. The van der Waals surface area contributed by atoms with E-state index in [0.717, 1.165) is 0 Å². The first-order valence-electron chi connectivity index (χ1n) is 6.15. The number of ether oxygens (including phenoxy) is 1. The molecule has 20 heavy (non-hydrogen) atoms. The Kier molecular flexibility index (Phi) is 5.37. The second kappa shape index (κ2) is 6.79. The van der Waals surface area contributed by atoms with E-state index in [1.165, 1.54) is 24.3 Å². The van der Waals surface area contributed by atoms with Crippen molar-refractivity contribution in [3.05, 3.63) is 52.1 Å². The molecule has 0 saturated heterocycles. The van der Waals surface area contributed by atoms with Crippen LogP contribution in [0.25, 0.3) is 0 Å². The first-order valence-corrected chi connectivity index (χ1v) is 6.15. The number of rotatable bonds is 6. The van der Waals surface area contributed by atoms with Crippen LogP contribution < -0.4 is 0 Å².